The van der Waals surface area contributed by atoms with E-state index in [-0.39, 0.29) is 12.5 Å². The third-order valence-electron chi connectivity index (χ3n) is 6.77. The molecule has 1 spiro atoms. The molecule has 1 saturated heterocycles. The Kier molecular flexibility index (Phi) is 5.00. The van der Waals surface area contributed by atoms with Gasteiger partial charge in [0.25, 0.3) is 5.91 Å². The number of hydrogen-bond donors (Lipinski definition) is 2. The molecule has 2 aliphatic carbocycles. The van der Waals surface area contributed by atoms with E-state index in [0.717, 1.165) is 42.0 Å². The number of anilines is 1. The van der Waals surface area contributed by atoms with E-state index in [0.29, 0.717) is 24.6 Å². The summed E-state index contributed by atoms with van der Waals surface area (Å²) in [4.78, 5) is 39.1. The van der Waals surface area contributed by atoms with Gasteiger partial charge in [-0.3, -0.25) is 14.5 Å². The van der Waals surface area contributed by atoms with Gasteiger partial charge in [-0.2, -0.15) is 5.10 Å². The Morgan fingerprint density at radius 2 is 1.81 bits per heavy atom. The summed E-state index contributed by atoms with van der Waals surface area (Å²) in [7, 11) is 0. The Balaban J connectivity index is 1.36. The van der Waals surface area contributed by atoms with E-state index < -0.39 is 17.5 Å². The summed E-state index contributed by atoms with van der Waals surface area (Å²) in [6.07, 6.45) is 7.69. The first kappa shape index (κ1) is 19.8. The highest BCUT2D eigenvalue weighted by Crippen LogP contribution is 2.36. The zero-order chi connectivity index (χ0) is 21.4. The number of hydrogen-bond acceptors (Lipinski definition) is 4. The number of nitrogens with zero attached hydrogens (tertiary/aromatic N) is 3. The molecule has 4 amide bonds. The normalized spacial score (nSPS) is 20.6. The number of aromatic nitrogens is 2. The second-order valence-electron chi connectivity index (χ2n) is 8.84. The van der Waals surface area contributed by atoms with Gasteiger partial charge in [0.15, 0.2) is 0 Å². The SMILES string of the molecule is O=C(CN1C(=O)NC2(CCCC2)C1=O)Nc1cc(C2CCCC2)nn1-c1ccccc1. The average Bonchev–Trinajstić information content (AvgIpc) is 3.55. The lowest BCUT2D eigenvalue weighted by atomic mass is 9.98. The Bertz CT molecular complexity index is 1000. The molecule has 8 nitrogen and oxygen atoms in total. The Morgan fingerprint density at radius 3 is 2.52 bits per heavy atom. The first-order valence-corrected chi connectivity index (χ1v) is 11.2. The summed E-state index contributed by atoms with van der Waals surface area (Å²) in [6.45, 7) is -0.300. The van der Waals surface area contributed by atoms with Crippen molar-refractivity contribution in [2.45, 2.75) is 62.8 Å². The zero-order valence-electron chi connectivity index (χ0n) is 17.5. The molecular formula is C23H27N5O3. The third kappa shape index (κ3) is 3.60. The monoisotopic (exact) mass is 421 g/mol. The van der Waals surface area contributed by atoms with Crippen molar-refractivity contribution in [2.75, 3.05) is 11.9 Å². The first-order valence-electron chi connectivity index (χ1n) is 11.2. The Hall–Kier alpha value is -3.16. The van der Waals surface area contributed by atoms with Crippen molar-refractivity contribution in [3.63, 3.8) is 0 Å². The minimum atomic E-state index is -0.807. The van der Waals surface area contributed by atoms with Crippen LogP contribution in [0.15, 0.2) is 36.4 Å². The summed E-state index contributed by atoms with van der Waals surface area (Å²) in [5, 5.41) is 10.5. The van der Waals surface area contributed by atoms with Crippen molar-refractivity contribution >= 4 is 23.7 Å². The number of carbonyl (C=O) groups is 3. The summed E-state index contributed by atoms with van der Waals surface area (Å²) in [5.41, 5.74) is 1.01. The predicted molar refractivity (Wildman–Crippen MR) is 115 cm³/mol. The molecule has 2 saturated carbocycles. The second kappa shape index (κ2) is 7.83. The first-order chi connectivity index (χ1) is 15.1. The van der Waals surface area contributed by atoms with Gasteiger partial charge in [0.05, 0.1) is 11.4 Å². The number of rotatable bonds is 5. The van der Waals surface area contributed by atoms with Gasteiger partial charge in [-0.05, 0) is 37.8 Å². The van der Waals surface area contributed by atoms with Crippen LogP contribution < -0.4 is 10.6 Å². The molecule has 2 heterocycles. The standard InChI is InChI=1S/C23H27N5O3/c29-20(15-27-21(30)23(25-22(27)31)12-6-7-13-23)24-19-14-18(16-8-4-5-9-16)26-28(19)17-10-2-1-3-11-17/h1-3,10-11,14,16H,4-9,12-13,15H2,(H,24,29)(H,25,31). The van der Waals surface area contributed by atoms with E-state index >= 15 is 0 Å². The Morgan fingerprint density at radius 1 is 1.10 bits per heavy atom. The van der Waals surface area contributed by atoms with Crippen molar-refractivity contribution in [1.29, 1.82) is 0 Å². The highest BCUT2D eigenvalue weighted by Gasteiger charge is 2.52. The number of nitrogens with one attached hydrogen (secondary N) is 2. The van der Waals surface area contributed by atoms with Crippen molar-refractivity contribution in [2.24, 2.45) is 0 Å². The van der Waals surface area contributed by atoms with Crippen LogP contribution in [0.25, 0.3) is 5.69 Å². The molecule has 5 rings (SSSR count). The van der Waals surface area contributed by atoms with Crippen molar-refractivity contribution in [3.05, 3.63) is 42.1 Å². The van der Waals surface area contributed by atoms with Crippen molar-refractivity contribution < 1.29 is 14.4 Å². The molecule has 2 aromatic rings. The maximum absolute atomic E-state index is 12.9. The van der Waals surface area contributed by atoms with E-state index in [4.69, 9.17) is 5.10 Å². The molecule has 1 aliphatic heterocycles. The molecule has 31 heavy (non-hydrogen) atoms. The molecule has 0 unspecified atom stereocenters. The van der Waals surface area contributed by atoms with Gasteiger partial charge in [0.2, 0.25) is 5.91 Å². The average molecular weight is 422 g/mol. The predicted octanol–water partition coefficient (Wildman–Crippen LogP) is 3.33. The van der Waals surface area contributed by atoms with Gasteiger partial charge in [-0.1, -0.05) is 43.9 Å². The Labute approximate surface area is 181 Å². The molecule has 0 radical (unpaired) electrons. The fourth-order valence-corrected chi connectivity index (χ4v) is 5.14. The van der Waals surface area contributed by atoms with Crippen LogP contribution in [0.2, 0.25) is 0 Å². The van der Waals surface area contributed by atoms with Gasteiger partial charge in [-0.25, -0.2) is 9.48 Å². The number of amides is 4. The molecule has 1 aromatic carbocycles. The molecule has 0 atom stereocenters. The lowest BCUT2D eigenvalue weighted by Gasteiger charge is -2.19. The topological polar surface area (TPSA) is 96.3 Å². The smallest absolute Gasteiger partial charge is 0.323 e. The van der Waals surface area contributed by atoms with Gasteiger partial charge in [0, 0.05) is 12.0 Å². The fourth-order valence-electron chi connectivity index (χ4n) is 5.14. The number of para-hydroxylation sites is 1. The van der Waals surface area contributed by atoms with Crippen molar-refractivity contribution in [3.8, 4) is 5.69 Å². The minimum absolute atomic E-state index is 0.284. The maximum Gasteiger partial charge on any atom is 0.325 e. The zero-order valence-corrected chi connectivity index (χ0v) is 17.5. The van der Waals surface area contributed by atoms with Crippen LogP contribution in [-0.2, 0) is 9.59 Å². The van der Waals surface area contributed by atoms with Crippen LogP contribution in [0.1, 0.15) is 63.0 Å². The van der Waals surface area contributed by atoms with Crippen LogP contribution in [0.4, 0.5) is 10.6 Å². The molecule has 1 aromatic heterocycles. The number of benzene rings is 1. The minimum Gasteiger partial charge on any atom is -0.323 e. The number of urea groups is 1. The van der Waals surface area contributed by atoms with Crippen LogP contribution >= 0.6 is 0 Å². The highest BCUT2D eigenvalue weighted by atomic mass is 16.2. The van der Waals surface area contributed by atoms with Crippen molar-refractivity contribution in [1.82, 2.24) is 20.0 Å². The molecule has 3 fully saturated rings. The van der Waals surface area contributed by atoms with Gasteiger partial charge in [-0.15, -0.1) is 0 Å². The summed E-state index contributed by atoms with van der Waals surface area (Å²) in [6, 6.07) is 11.1. The molecule has 2 N–H and O–H groups in total. The largest absolute Gasteiger partial charge is 0.325 e. The molecule has 0 bridgehead atoms. The van der Waals surface area contributed by atoms with E-state index in [2.05, 4.69) is 10.6 Å². The lowest BCUT2D eigenvalue weighted by molar-refractivity contribution is -0.133. The van der Waals surface area contributed by atoms with E-state index in [1.807, 2.05) is 36.4 Å². The summed E-state index contributed by atoms with van der Waals surface area (Å²) < 4.78 is 1.73. The highest BCUT2D eigenvalue weighted by molar-refractivity contribution is 6.10. The van der Waals surface area contributed by atoms with E-state index in [1.165, 1.54) is 12.8 Å². The molecular weight excluding hydrogens is 394 g/mol. The fraction of sp³-hybridized carbons (Fsp3) is 0.478. The van der Waals surface area contributed by atoms with Gasteiger partial charge >= 0.3 is 6.03 Å². The maximum atomic E-state index is 12.9. The quantitative estimate of drug-likeness (QED) is 0.724. The summed E-state index contributed by atoms with van der Waals surface area (Å²) in [5.74, 6) is 0.261. The van der Waals surface area contributed by atoms with Crippen LogP contribution in [0.5, 0.6) is 0 Å². The van der Waals surface area contributed by atoms with Gasteiger partial charge < -0.3 is 10.6 Å². The molecule has 162 valence electrons. The van der Waals surface area contributed by atoms with E-state index in [9.17, 15) is 14.4 Å². The summed E-state index contributed by atoms with van der Waals surface area (Å²) >= 11 is 0. The van der Waals surface area contributed by atoms with Crippen LogP contribution in [0, 0.1) is 0 Å². The van der Waals surface area contributed by atoms with Crippen LogP contribution in [0.3, 0.4) is 0 Å². The molecule has 3 aliphatic rings. The number of imide groups is 1. The van der Waals surface area contributed by atoms with E-state index in [1.54, 1.807) is 4.68 Å². The third-order valence-corrected chi connectivity index (χ3v) is 6.77. The lowest BCUT2D eigenvalue weighted by Crippen LogP contribution is -2.44. The second-order valence-corrected chi connectivity index (χ2v) is 8.84. The van der Waals surface area contributed by atoms with Gasteiger partial charge in [0.1, 0.15) is 17.9 Å². The van der Waals surface area contributed by atoms with Crippen LogP contribution in [-0.4, -0.2) is 44.6 Å². The number of carbonyl (C=O) groups excluding carboxylic acids is 3. The molecule has 8 heteroatoms.